The molecule has 7 heteroatoms. The summed E-state index contributed by atoms with van der Waals surface area (Å²) >= 11 is 0. The van der Waals surface area contributed by atoms with E-state index in [0.717, 1.165) is 22.6 Å². The van der Waals surface area contributed by atoms with Gasteiger partial charge in [-0.3, -0.25) is 9.78 Å². The number of benzene rings is 2. The van der Waals surface area contributed by atoms with Gasteiger partial charge in [0.25, 0.3) is 5.91 Å². The van der Waals surface area contributed by atoms with Crippen LogP contribution in [0.25, 0.3) is 11.3 Å². The second-order valence-electron chi connectivity index (χ2n) is 5.72. The Balaban J connectivity index is 1.68. The van der Waals surface area contributed by atoms with E-state index in [1.165, 1.54) is 6.20 Å². The SMILES string of the molecule is CCOc1cccc(/C=N/NC(=O)c2cncc(-c3ccc(OC)cc3)n2)c1. The molecule has 7 nitrogen and oxygen atoms in total. The number of hydrazone groups is 1. The molecule has 1 N–H and O–H groups in total. The van der Waals surface area contributed by atoms with E-state index in [4.69, 9.17) is 9.47 Å². The van der Waals surface area contributed by atoms with Crippen LogP contribution in [-0.2, 0) is 0 Å². The third-order valence-corrected chi connectivity index (χ3v) is 3.80. The minimum Gasteiger partial charge on any atom is -0.497 e. The molecule has 3 rings (SSSR count). The zero-order valence-electron chi connectivity index (χ0n) is 15.6. The first-order chi connectivity index (χ1) is 13.7. The Bertz CT molecular complexity index is 971. The topological polar surface area (TPSA) is 85.7 Å². The molecule has 0 saturated heterocycles. The number of rotatable bonds is 7. The lowest BCUT2D eigenvalue weighted by molar-refractivity contribution is 0.0950. The molecule has 3 aromatic rings. The highest BCUT2D eigenvalue weighted by Crippen LogP contribution is 2.20. The fourth-order valence-electron chi connectivity index (χ4n) is 2.45. The fourth-order valence-corrected chi connectivity index (χ4v) is 2.45. The Morgan fingerprint density at radius 2 is 1.96 bits per heavy atom. The van der Waals surface area contributed by atoms with Crippen molar-refractivity contribution in [2.45, 2.75) is 6.92 Å². The molecule has 28 heavy (non-hydrogen) atoms. The molecule has 0 aliphatic heterocycles. The van der Waals surface area contributed by atoms with E-state index < -0.39 is 5.91 Å². The lowest BCUT2D eigenvalue weighted by atomic mass is 10.1. The zero-order valence-corrected chi connectivity index (χ0v) is 15.6. The average molecular weight is 376 g/mol. The third-order valence-electron chi connectivity index (χ3n) is 3.80. The van der Waals surface area contributed by atoms with Crippen LogP contribution in [0.15, 0.2) is 66.0 Å². The molecule has 0 unspecified atom stereocenters. The molecular weight excluding hydrogens is 356 g/mol. The van der Waals surface area contributed by atoms with Crippen LogP contribution in [0.2, 0.25) is 0 Å². The number of carbonyl (C=O) groups is 1. The number of carbonyl (C=O) groups excluding carboxylic acids is 1. The molecule has 0 radical (unpaired) electrons. The Morgan fingerprint density at radius 1 is 1.14 bits per heavy atom. The highest BCUT2D eigenvalue weighted by atomic mass is 16.5. The van der Waals surface area contributed by atoms with Crippen LogP contribution in [0.1, 0.15) is 23.0 Å². The molecule has 0 spiro atoms. The predicted molar refractivity (Wildman–Crippen MR) is 107 cm³/mol. The molecule has 142 valence electrons. The van der Waals surface area contributed by atoms with E-state index >= 15 is 0 Å². The van der Waals surface area contributed by atoms with Crippen LogP contribution in [-0.4, -0.2) is 35.8 Å². The molecule has 0 saturated carbocycles. The molecule has 1 heterocycles. The average Bonchev–Trinajstić information content (AvgIpc) is 2.74. The first kappa shape index (κ1) is 19.0. The van der Waals surface area contributed by atoms with Gasteiger partial charge in [-0.25, -0.2) is 10.4 Å². The van der Waals surface area contributed by atoms with E-state index in [9.17, 15) is 4.79 Å². The minimum absolute atomic E-state index is 0.175. The Morgan fingerprint density at radius 3 is 2.71 bits per heavy atom. The fraction of sp³-hybridized carbons (Fsp3) is 0.143. The smallest absolute Gasteiger partial charge is 0.291 e. The molecule has 1 aromatic heterocycles. The van der Waals surface area contributed by atoms with Crippen molar-refractivity contribution in [2.75, 3.05) is 13.7 Å². The predicted octanol–water partition coefficient (Wildman–Crippen LogP) is 3.31. The van der Waals surface area contributed by atoms with Crippen molar-refractivity contribution in [1.82, 2.24) is 15.4 Å². The van der Waals surface area contributed by atoms with Crippen molar-refractivity contribution < 1.29 is 14.3 Å². The van der Waals surface area contributed by atoms with Gasteiger partial charge < -0.3 is 9.47 Å². The highest BCUT2D eigenvalue weighted by Gasteiger charge is 2.09. The number of amides is 1. The Hall–Kier alpha value is -3.74. The van der Waals surface area contributed by atoms with Gasteiger partial charge in [-0.2, -0.15) is 5.10 Å². The number of hydrogen-bond acceptors (Lipinski definition) is 6. The minimum atomic E-state index is -0.444. The van der Waals surface area contributed by atoms with Gasteiger partial charge >= 0.3 is 0 Å². The summed E-state index contributed by atoms with van der Waals surface area (Å²) in [6.07, 6.45) is 4.54. The first-order valence-electron chi connectivity index (χ1n) is 8.72. The summed E-state index contributed by atoms with van der Waals surface area (Å²) < 4.78 is 10.6. The summed E-state index contributed by atoms with van der Waals surface area (Å²) in [5.74, 6) is 1.05. The van der Waals surface area contributed by atoms with E-state index in [-0.39, 0.29) is 5.69 Å². The summed E-state index contributed by atoms with van der Waals surface area (Å²) in [5, 5.41) is 3.98. The van der Waals surface area contributed by atoms with Gasteiger partial charge in [0.1, 0.15) is 17.2 Å². The lowest BCUT2D eigenvalue weighted by Crippen LogP contribution is -2.19. The number of nitrogens with zero attached hydrogens (tertiary/aromatic N) is 3. The second kappa shape index (κ2) is 9.27. The summed E-state index contributed by atoms with van der Waals surface area (Å²) in [4.78, 5) is 20.8. The van der Waals surface area contributed by atoms with Gasteiger partial charge in [0.15, 0.2) is 0 Å². The van der Waals surface area contributed by atoms with Crippen molar-refractivity contribution in [1.29, 1.82) is 0 Å². The number of aromatic nitrogens is 2. The van der Waals surface area contributed by atoms with Crippen molar-refractivity contribution >= 4 is 12.1 Å². The molecule has 0 aliphatic carbocycles. The molecule has 0 fully saturated rings. The Labute approximate surface area is 163 Å². The maximum atomic E-state index is 12.3. The van der Waals surface area contributed by atoms with E-state index in [1.54, 1.807) is 19.5 Å². The van der Waals surface area contributed by atoms with Crippen LogP contribution in [0, 0.1) is 0 Å². The maximum absolute atomic E-state index is 12.3. The van der Waals surface area contributed by atoms with Crippen LogP contribution < -0.4 is 14.9 Å². The van der Waals surface area contributed by atoms with E-state index in [1.807, 2.05) is 55.5 Å². The van der Waals surface area contributed by atoms with Crippen LogP contribution in [0.3, 0.4) is 0 Å². The van der Waals surface area contributed by atoms with Gasteiger partial charge in [-0.15, -0.1) is 0 Å². The van der Waals surface area contributed by atoms with Crippen LogP contribution in [0.5, 0.6) is 11.5 Å². The molecular formula is C21H20N4O3. The van der Waals surface area contributed by atoms with Crippen molar-refractivity contribution in [3.05, 3.63) is 72.2 Å². The standard InChI is InChI=1S/C21H20N4O3/c1-3-28-18-6-4-5-15(11-18)12-23-25-21(26)20-14-22-13-19(24-20)16-7-9-17(27-2)10-8-16/h4-14H,3H2,1-2H3,(H,25,26)/b23-12+. The summed E-state index contributed by atoms with van der Waals surface area (Å²) in [5.41, 5.74) is 4.87. The normalized spacial score (nSPS) is 10.6. The molecule has 2 aromatic carbocycles. The Kier molecular flexibility index (Phi) is 6.30. The monoisotopic (exact) mass is 376 g/mol. The third kappa shape index (κ3) is 4.91. The lowest BCUT2D eigenvalue weighted by Gasteiger charge is -2.05. The van der Waals surface area contributed by atoms with Crippen molar-refractivity contribution in [3.63, 3.8) is 0 Å². The molecule has 0 bridgehead atoms. The van der Waals surface area contributed by atoms with Gasteiger partial charge in [0.2, 0.25) is 0 Å². The molecule has 1 amide bonds. The van der Waals surface area contributed by atoms with Gasteiger partial charge in [0, 0.05) is 5.56 Å². The van der Waals surface area contributed by atoms with E-state index in [0.29, 0.717) is 12.3 Å². The molecule has 0 aliphatic rings. The largest absolute Gasteiger partial charge is 0.497 e. The van der Waals surface area contributed by atoms with Gasteiger partial charge in [-0.1, -0.05) is 12.1 Å². The number of nitrogens with one attached hydrogen (secondary N) is 1. The van der Waals surface area contributed by atoms with Crippen LogP contribution >= 0.6 is 0 Å². The van der Waals surface area contributed by atoms with Gasteiger partial charge in [0.05, 0.1) is 38.0 Å². The van der Waals surface area contributed by atoms with E-state index in [2.05, 4.69) is 20.5 Å². The number of hydrogen-bond donors (Lipinski definition) is 1. The van der Waals surface area contributed by atoms with Crippen molar-refractivity contribution in [2.24, 2.45) is 5.10 Å². The van der Waals surface area contributed by atoms with Gasteiger partial charge in [-0.05, 0) is 48.9 Å². The number of methoxy groups -OCH3 is 1. The highest BCUT2D eigenvalue weighted by molar-refractivity contribution is 5.93. The second-order valence-corrected chi connectivity index (χ2v) is 5.72. The summed E-state index contributed by atoms with van der Waals surface area (Å²) in [7, 11) is 1.60. The molecule has 0 atom stereocenters. The summed E-state index contributed by atoms with van der Waals surface area (Å²) in [6.45, 7) is 2.50. The summed E-state index contributed by atoms with van der Waals surface area (Å²) in [6, 6.07) is 14.8. The maximum Gasteiger partial charge on any atom is 0.291 e. The quantitative estimate of drug-likeness (QED) is 0.505. The first-order valence-corrected chi connectivity index (χ1v) is 8.72. The number of ether oxygens (including phenoxy) is 2. The zero-order chi connectivity index (χ0) is 19.8. The van der Waals surface area contributed by atoms with Crippen LogP contribution in [0.4, 0.5) is 0 Å². The van der Waals surface area contributed by atoms with Crippen molar-refractivity contribution in [3.8, 4) is 22.8 Å².